The van der Waals surface area contributed by atoms with Crippen molar-refractivity contribution in [3.05, 3.63) is 0 Å². The monoisotopic (exact) mass is 173 g/mol. The quantitative estimate of drug-likeness (QED) is 0.467. The topological polar surface area (TPSA) is 29.5 Å². The zero-order valence-electron chi connectivity index (χ0n) is 8.46. The van der Waals surface area contributed by atoms with E-state index in [1.165, 1.54) is 6.92 Å². The molecule has 12 heavy (non-hydrogen) atoms. The lowest BCUT2D eigenvalue weighted by Crippen LogP contribution is -2.32. The van der Waals surface area contributed by atoms with Crippen molar-refractivity contribution in [3.63, 3.8) is 0 Å². The van der Waals surface area contributed by atoms with Crippen molar-refractivity contribution in [2.24, 2.45) is 0 Å². The molecule has 0 aromatic carbocycles. The summed E-state index contributed by atoms with van der Waals surface area (Å²) in [7, 11) is 3.84. The molecule has 0 saturated heterocycles. The predicted octanol–water partition coefficient (Wildman–Crippen LogP) is 1.63. The van der Waals surface area contributed by atoms with E-state index in [1.807, 2.05) is 19.0 Å². The van der Waals surface area contributed by atoms with Gasteiger partial charge in [0.15, 0.2) is 6.23 Å². The maximum absolute atomic E-state index is 10.7. The number of hydrogen-bond acceptors (Lipinski definition) is 3. The first-order valence-electron chi connectivity index (χ1n) is 4.41. The second-order valence-corrected chi connectivity index (χ2v) is 3.17. The Kier molecular flexibility index (Phi) is 5.72. The summed E-state index contributed by atoms with van der Waals surface area (Å²) in [6.07, 6.45) is 3.09. The van der Waals surface area contributed by atoms with Crippen LogP contribution in [-0.4, -0.2) is 31.2 Å². The minimum atomic E-state index is -0.204. The highest BCUT2D eigenvalue weighted by atomic mass is 16.6. The molecule has 0 amide bonds. The Bertz CT molecular complexity index is 134. The Morgan fingerprint density at radius 2 is 2.08 bits per heavy atom. The van der Waals surface area contributed by atoms with Gasteiger partial charge in [-0.15, -0.1) is 0 Å². The summed E-state index contributed by atoms with van der Waals surface area (Å²) in [5, 5.41) is 0. The fraction of sp³-hybridized carbons (Fsp3) is 0.889. The summed E-state index contributed by atoms with van der Waals surface area (Å²) in [5.74, 6) is -0.204. The molecule has 0 aliphatic rings. The van der Waals surface area contributed by atoms with E-state index in [0.717, 1.165) is 19.3 Å². The number of carbonyl (C=O) groups excluding carboxylic acids is 1. The number of unbranched alkanes of at least 4 members (excludes halogenated alkanes) is 1. The molecule has 0 aliphatic carbocycles. The number of hydrogen-bond donors (Lipinski definition) is 0. The van der Waals surface area contributed by atoms with Gasteiger partial charge in [-0.1, -0.05) is 13.3 Å². The summed E-state index contributed by atoms with van der Waals surface area (Å²) in [5.41, 5.74) is 0. The van der Waals surface area contributed by atoms with Crippen LogP contribution in [0.3, 0.4) is 0 Å². The van der Waals surface area contributed by atoms with E-state index in [2.05, 4.69) is 6.92 Å². The normalized spacial score (nSPS) is 13.1. The second-order valence-electron chi connectivity index (χ2n) is 3.17. The number of rotatable bonds is 5. The van der Waals surface area contributed by atoms with Crippen molar-refractivity contribution in [2.45, 2.75) is 39.3 Å². The first kappa shape index (κ1) is 11.4. The summed E-state index contributed by atoms with van der Waals surface area (Å²) in [6, 6.07) is 0. The number of nitrogens with zero attached hydrogens (tertiary/aromatic N) is 1. The fourth-order valence-electron chi connectivity index (χ4n) is 0.993. The van der Waals surface area contributed by atoms with Gasteiger partial charge in [0.1, 0.15) is 0 Å². The minimum Gasteiger partial charge on any atom is -0.447 e. The first-order chi connectivity index (χ1) is 5.57. The molecule has 0 radical (unpaired) electrons. The first-order valence-corrected chi connectivity index (χ1v) is 4.41. The summed E-state index contributed by atoms with van der Waals surface area (Å²) in [4.78, 5) is 12.6. The van der Waals surface area contributed by atoms with Gasteiger partial charge in [0.2, 0.25) is 0 Å². The van der Waals surface area contributed by atoms with Crippen LogP contribution < -0.4 is 0 Å². The molecule has 3 heteroatoms. The van der Waals surface area contributed by atoms with E-state index in [4.69, 9.17) is 4.74 Å². The number of carbonyl (C=O) groups is 1. The van der Waals surface area contributed by atoms with Gasteiger partial charge < -0.3 is 4.74 Å². The predicted molar refractivity (Wildman–Crippen MR) is 48.8 cm³/mol. The molecule has 0 saturated carbocycles. The van der Waals surface area contributed by atoms with Crippen LogP contribution in [0.4, 0.5) is 0 Å². The summed E-state index contributed by atoms with van der Waals surface area (Å²) < 4.78 is 5.10. The lowest BCUT2D eigenvalue weighted by Gasteiger charge is -2.23. The standard InChI is InChI=1S/C9H19NO2/c1-5-6-7-9(10(3)4)12-8(2)11/h9H,5-7H2,1-4H3. The van der Waals surface area contributed by atoms with Gasteiger partial charge in [0.25, 0.3) is 0 Å². The van der Waals surface area contributed by atoms with Gasteiger partial charge in [-0.2, -0.15) is 0 Å². The average Bonchev–Trinajstić information content (AvgIpc) is 1.96. The molecule has 0 rings (SSSR count). The molecule has 72 valence electrons. The third-order valence-corrected chi connectivity index (χ3v) is 1.68. The van der Waals surface area contributed by atoms with Crippen LogP contribution in [0.2, 0.25) is 0 Å². The van der Waals surface area contributed by atoms with Gasteiger partial charge in [-0.3, -0.25) is 9.69 Å². The lowest BCUT2D eigenvalue weighted by atomic mass is 10.2. The van der Waals surface area contributed by atoms with Crippen molar-refractivity contribution >= 4 is 5.97 Å². The molecule has 0 bridgehead atoms. The zero-order chi connectivity index (χ0) is 9.56. The Hall–Kier alpha value is -0.570. The van der Waals surface area contributed by atoms with Crippen molar-refractivity contribution in [1.29, 1.82) is 0 Å². The summed E-state index contributed by atoms with van der Waals surface area (Å²) >= 11 is 0. The molecular formula is C9H19NO2. The largest absolute Gasteiger partial charge is 0.447 e. The Labute approximate surface area is 74.7 Å². The summed E-state index contributed by atoms with van der Waals surface area (Å²) in [6.45, 7) is 3.57. The molecule has 0 N–H and O–H groups in total. The maximum Gasteiger partial charge on any atom is 0.304 e. The van der Waals surface area contributed by atoms with Crippen molar-refractivity contribution in [2.75, 3.05) is 14.1 Å². The lowest BCUT2D eigenvalue weighted by molar-refractivity contribution is -0.154. The third-order valence-electron chi connectivity index (χ3n) is 1.68. The van der Waals surface area contributed by atoms with Crippen LogP contribution in [0.1, 0.15) is 33.1 Å². The van der Waals surface area contributed by atoms with Crippen molar-refractivity contribution < 1.29 is 9.53 Å². The Morgan fingerprint density at radius 1 is 1.50 bits per heavy atom. The Morgan fingerprint density at radius 3 is 2.42 bits per heavy atom. The molecule has 1 unspecified atom stereocenters. The molecule has 0 aliphatic heterocycles. The van der Waals surface area contributed by atoms with Gasteiger partial charge in [-0.25, -0.2) is 0 Å². The van der Waals surface area contributed by atoms with Gasteiger partial charge >= 0.3 is 5.97 Å². The number of ether oxygens (including phenoxy) is 1. The van der Waals surface area contributed by atoms with Crippen molar-refractivity contribution in [3.8, 4) is 0 Å². The highest BCUT2D eigenvalue weighted by molar-refractivity contribution is 5.66. The van der Waals surface area contributed by atoms with Gasteiger partial charge in [0.05, 0.1) is 0 Å². The molecule has 0 aromatic heterocycles. The van der Waals surface area contributed by atoms with Gasteiger partial charge in [0, 0.05) is 6.92 Å². The fourth-order valence-corrected chi connectivity index (χ4v) is 0.993. The minimum absolute atomic E-state index is 0.0533. The zero-order valence-corrected chi connectivity index (χ0v) is 8.46. The molecular weight excluding hydrogens is 154 g/mol. The highest BCUT2D eigenvalue weighted by Crippen LogP contribution is 2.07. The second kappa shape index (κ2) is 6.00. The van der Waals surface area contributed by atoms with E-state index in [0.29, 0.717) is 0 Å². The van der Waals surface area contributed by atoms with Crippen LogP contribution in [0, 0.1) is 0 Å². The van der Waals surface area contributed by atoms with Crippen LogP contribution in [-0.2, 0) is 9.53 Å². The highest BCUT2D eigenvalue weighted by Gasteiger charge is 2.12. The van der Waals surface area contributed by atoms with Gasteiger partial charge in [-0.05, 0) is 26.9 Å². The molecule has 0 heterocycles. The van der Waals surface area contributed by atoms with E-state index in [9.17, 15) is 4.79 Å². The van der Waals surface area contributed by atoms with Crippen molar-refractivity contribution in [1.82, 2.24) is 4.90 Å². The van der Waals surface area contributed by atoms with Crippen LogP contribution in [0.25, 0.3) is 0 Å². The van der Waals surface area contributed by atoms with Crippen LogP contribution in [0.5, 0.6) is 0 Å². The molecule has 1 atom stereocenters. The van der Waals surface area contributed by atoms with E-state index >= 15 is 0 Å². The SMILES string of the molecule is CCCCC(OC(C)=O)N(C)C. The molecule has 0 aromatic rings. The smallest absolute Gasteiger partial charge is 0.304 e. The van der Waals surface area contributed by atoms with E-state index < -0.39 is 0 Å². The van der Waals surface area contributed by atoms with Crippen LogP contribution in [0.15, 0.2) is 0 Å². The number of esters is 1. The van der Waals surface area contributed by atoms with E-state index in [-0.39, 0.29) is 12.2 Å². The average molecular weight is 173 g/mol. The maximum atomic E-state index is 10.7. The molecule has 0 spiro atoms. The Balaban J connectivity index is 3.78. The molecule has 0 fully saturated rings. The van der Waals surface area contributed by atoms with Crippen LogP contribution >= 0.6 is 0 Å². The van der Waals surface area contributed by atoms with E-state index in [1.54, 1.807) is 0 Å². The molecule has 3 nitrogen and oxygen atoms in total. The third kappa shape index (κ3) is 5.13.